The van der Waals surface area contributed by atoms with Crippen molar-refractivity contribution >= 4 is 29.3 Å². The largest absolute Gasteiger partial charge is 0.338 e. The Morgan fingerprint density at radius 2 is 1.96 bits per heavy atom. The van der Waals surface area contributed by atoms with Crippen molar-refractivity contribution in [3.05, 3.63) is 51.2 Å². The highest BCUT2D eigenvalue weighted by molar-refractivity contribution is 6.23. The van der Waals surface area contributed by atoms with Crippen molar-refractivity contribution in [1.29, 1.82) is 0 Å². The number of benzene rings is 1. The molecular weight excluding hydrogens is 344 g/mol. The van der Waals surface area contributed by atoms with Gasteiger partial charge in [-0.25, -0.2) is 0 Å². The molecule has 1 aromatic carbocycles. The average Bonchev–Trinajstić information content (AvgIpc) is 3.14. The number of nitrogens with one attached hydrogen (secondary N) is 1. The molecule has 0 atom stereocenters. The molecule has 3 amide bonds. The zero-order valence-corrected chi connectivity index (χ0v) is 13.9. The van der Waals surface area contributed by atoms with Gasteiger partial charge >= 0.3 is 0 Å². The van der Waals surface area contributed by atoms with E-state index in [0.717, 1.165) is 17.0 Å². The molecule has 3 rings (SSSR count). The molecule has 26 heavy (non-hydrogen) atoms. The van der Waals surface area contributed by atoms with E-state index in [9.17, 15) is 24.5 Å². The Kier molecular flexibility index (Phi) is 4.24. The molecule has 134 valence electrons. The number of anilines is 1. The van der Waals surface area contributed by atoms with Crippen LogP contribution in [0.5, 0.6) is 0 Å². The van der Waals surface area contributed by atoms with E-state index in [1.807, 2.05) is 13.8 Å². The highest BCUT2D eigenvalue weighted by Gasteiger charge is 2.37. The first-order valence-corrected chi connectivity index (χ1v) is 7.69. The Morgan fingerprint density at radius 3 is 2.58 bits per heavy atom. The average molecular weight is 358 g/mol. The Hall–Kier alpha value is -3.56. The quantitative estimate of drug-likeness (QED) is 0.490. The van der Waals surface area contributed by atoms with E-state index in [4.69, 9.17) is 4.52 Å². The summed E-state index contributed by atoms with van der Waals surface area (Å²) < 4.78 is 4.97. The van der Waals surface area contributed by atoms with Crippen molar-refractivity contribution in [2.75, 3.05) is 11.9 Å². The van der Waals surface area contributed by atoms with E-state index in [1.165, 1.54) is 6.07 Å². The number of amides is 3. The number of aromatic nitrogens is 1. The van der Waals surface area contributed by atoms with Crippen molar-refractivity contribution in [2.45, 2.75) is 19.8 Å². The molecule has 10 heteroatoms. The van der Waals surface area contributed by atoms with Crippen LogP contribution in [0.3, 0.4) is 0 Å². The van der Waals surface area contributed by atoms with E-state index in [2.05, 4.69) is 10.5 Å². The second-order valence-electron chi connectivity index (χ2n) is 6.00. The number of carbonyl (C=O) groups excluding carboxylic acids is 3. The second-order valence-corrected chi connectivity index (χ2v) is 6.00. The molecule has 1 aromatic heterocycles. The van der Waals surface area contributed by atoms with Gasteiger partial charge < -0.3 is 4.52 Å². The third kappa shape index (κ3) is 3.04. The molecule has 2 heterocycles. The number of rotatable bonds is 5. The Labute approximate surface area is 146 Å². The Morgan fingerprint density at radius 1 is 1.27 bits per heavy atom. The van der Waals surface area contributed by atoms with E-state index in [0.29, 0.717) is 5.69 Å². The van der Waals surface area contributed by atoms with Gasteiger partial charge in [0.1, 0.15) is 6.54 Å². The van der Waals surface area contributed by atoms with Crippen LogP contribution in [0.1, 0.15) is 46.2 Å². The van der Waals surface area contributed by atoms with Crippen LogP contribution in [-0.4, -0.2) is 39.2 Å². The van der Waals surface area contributed by atoms with E-state index >= 15 is 0 Å². The second kappa shape index (κ2) is 6.39. The molecule has 1 aliphatic rings. The summed E-state index contributed by atoms with van der Waals surface area (Å²) >= 11 is 0. The maximum absolute atomic E-state index is 12.3. The van der Waals surface area contributed by atoms with Gasteiger partial charge in [-0.3, -0.25) is 34.7 Å². The predicted octanol–water partition coefficient (Wildman–Crippen LogP) is 1.94. The number of non-ortho nitro benzene ring substituents is 1. The smallest absolute Gasteiger partial charge is 0.270 e. The number of hydrogen-bond acceptors (Lipinski definition) is 7. The summed E-state index contributed by atoms with van der Waals surface area (Å²) in [5, 5.41) is 17.0. The first-order valence-electron chi connectivity index (χ1n) is 7.69. The molecular formula is C16H14N4O6. The minimum Gasteiger partial charge on any atom is -0.338 e. The number of nitro benzene ring substituents is 1. The van der Waals surface area contributed by atoms with Crippen molar-refractivity contribution < 1.29 is 23.8 Å². The van der Waals surface area contributed by atoms with Gasteiger partial charge in [-0.2, -0.15) is 0 Å². The van der Waals surface area contributed by atoms with Crippen LogP contribution >= 0.6 is 0 Å². The van der Waals surface area contributed by atoms with E-state index < -0.39 is 29.2 Å². The number of nitrogens with zero attached hydrogens (tertiary/aromatic N) is 3. The molecule has 0 aliphatic carbocycles. The van der Waals surface area contributed by atoms with Crippen LogP contribution in [0.4, 0.5) is 11.6 Å². The molecule has 1 N–H and O–H groups in total. The SMILES string of the molecule is CC(C)c1cc(NC(=O)CN2C(=O)c3ccc([N+](=O)[O-])cc3C2=O)on1. The van der Waals surface area contributed by atoms with Gasteiger partial charge in [-0.15, -0.1) is 0 Å². The normalized spacial score (nSPS) is 13.3. The lowest BCUT2D eigenvalue weighted by molar-refractivity contribution is -0.384. The maximum atomic E-state index is 12.3. The third-order valence-corrected chi connectivity index (χ3v) is 3.85. The predicted molar refractivity (Wildman–Crippen MR) is 87.7 cm³/mol. The van der Waals surface area contributed by atoms with Crippen molar-refractivity contribution in [3.8, 4) is 0 Å². The lowest BCUT2D eigenvalue weighted by atomic mass is 10.1. The topological polar surface area (TPSA) is 136 Å². The summed E-state index contributed by atoms with van der Waals surface area (Å²) in [5.41, 5.74) is 0.265. The lowest BCUT2D eigenvalue weighted by Crippen LogP contribution is -2.37. The summed E-state index contributed by atoms with van der Waals surface area (Å²) in [6.45, 7) is 3.26. The van der Waals surface area contributed by atoms with Crippen LogP contribution in [0, 0.1) is 10.1 Å². The number of nitro groups is 1. The Balaban J connectivity index is 1.73. The first-order chi connectivity index (χ1) is 12.3. The van der Waals surface area contributed by atoms with Crippen LogP contribution in [0.2, 0.25) is 0 Å². The standard InChI is InChI=1S/C16H14N4O6/c1-8(2)12-6-14(26-18-12)17-13(21)7-19-15(22)10-4-3-9(20(24)25)5-11(10)16(19)23/h3-6,8H,7H2,1-2H3,(H,17,21). The fraction of sp³-hybridized carbons (Fsp3) is 0.250. The monoisotopic (exact) mass is 358 g/mol. The summed E-state index contributed by atoms with van der Waals surface area (Å²) in [6.07, 6.45) is 0. The van der Waals surface area contributed by atoms with Gasteiger partial charge in [-0.05, 0) is 12.0 Å². The van der Waals surface area contributed by atoms with Gasteiger partial charge in [0.2, 0.25) is 11.8 Å². The number of fused-ring (bicyclic) bond motifs is 1. The van der Waals surface area contributed by atoms with Gasteiger partial charge in [0.05, 0.1) is 21.7 Å². The van der Waals surface area contributed by atoms with E-state index in [-0.39, 0.29) is 28.6 Å². The zero-order chi connectivity index (χ0) is 19.0. The molecule has 2 aromatic rings. The number of carbonyl (C=O) groups is 3. The molecule has 0 radical (unpaired) electrons. The zero-order valence-electron chi connectivity index (χ0n) is 13.9. The van der Waals surface area contributed by atoms with Gasteiger partial charge in [0.15, 0.2) is 0 Å². The molecule has 0 bridgehead atoms. The Bertz CT molecular complexity index is 933. The lowest BCUT2D eigenvalue weighted by Gasteiger charge is -2.12. The molecule has 1 aliphatic heterocycles. The summed E-state index contributed by atoms with van der Waals surface area (Å²) in [4.78, 5) is 47.6. The van der Waals surface area contributed by atoms with Crippen molar-refractivity contribution in [3.63, 3.8) is 0 Å². The maximum Gasteiger partial charge on any atom is 0.270 e. The number of imide groups is 1. The fourth-order valence-electron chi connectivity index (χ4n) is 2.48. The van der Waals surface area contributed by atoms with Gasteiger partial charge in [-0.1, -0.05) is 19.0 Å². The highest BCUT2D eigenvalue weighted by Crippen LogP contribution is 2.26. The van der Waals surface area contributed by atoms with Crippen LogP contribution < -0.4 is 5.32 Å². The van der Waals surface area contributed by atoms with Gasteiger partial charge in [0, 0.05) is 18.2 Å². The summed E-state index contributed by atoms with van der Waals surface area (Å²) in [5.74, 6) is -1.89. The minimum absolute atomic E-state index is 0.0233. The third-order valence-electron chi connectivity index (χ3n) is 3.85. The summed E-state index contributed by atoms with van der Waals surface area (Å²) in [6, 6.07) is 4.92. The number of hydrogen-bond donors (Lipinski definition) is 1. The van der Waals surface area contributed by atoms with Crippen molar-refractivity contribution in [2.24, 2.45) is 0 Å². The van der Waals surface area contributed by atoms with Crippen LogP contribution in [0.15, 0.2) is 28.8 Å². The summed E-state index contributed by atoms with van der Waals surface area (Å²) in [7, 11) is 0. The fourth-order valence-corrected chi connectivity index (χ4v) is 2.48. The molecule has 0 unspecified atom stereocenters. The van der Waals surface area contributed by atoms with Crippen LogP contribution in [0.25, 0.3) is 0 Å². The van der Waals surface area contributed by atoms with Gasteiger partial charge in [0.25, 0.3) is 17.5 Å². The molecule has 0 fully saturated rings. The van der Waals surface area contributed by atoms with Crippen LogP contribution in [-0.2, 0) is 4.79 Å². The highest BCUT2D eigenvalue weighted by atomic mass is 16.6. The first kappa shape index (κ1) is 17.3. The molecule has 0 spiro atoms. The minimum atomic E-state index is -0.760. The molecule has 0 saturated carbocycles. The molecule has 10 nitrogen and oxygen atoms in total. The van der Waals surface area contributed by atoms with E-state index in [1.54, 1.807) is 6.07 Å². The molecule has 0 saturated heterocycles. The van der Waals surface area contributed by atoms with Crippen molar-refractivity contribution in [1.82, 2.24) is 10.1 Å².